The van der Waals surface area contributed by atoms with E-state index in [-0.39, 0.29) is 11.4 Å². The number of nitrogens with one attached hydrogen (secondary N) is 2. The Morgan fingerprint density at radius 1 is 1.09 bits per heavy atom. The minimum atomic E-state index is -0.399. The molecule has 3 aromatic rings. The fraction of sp³-hybridized carbons (Fsp3) is 0. The Hall–Kier alpha value is -3.21. The van der Waals surface area contributed by atoms with Crippen LogP contribution in [0, 0.1) is 5.82 Å². The zero-order chi connectivity index (χ0) is 16.2. The molecule has 2 aromatic carbocycles. The van der Waals surface area contributed by atoms with E-state index in [4.69, 9.17) is 0 Å². The first-order valence-corrected chi connectivity index (χ1v) is 6.98. The summed E-state index contributed by atoms with van der Waals surface area (Å²) >= 11 is 0. The lowest BCUT2D eigenvalue weighted by Gasteiger charge is -2.02. The molecule has 4 nitrogen and oxygen atoms in total. The average molecular weight is 308 g/mol. The van der Waals surface area contributed by atoms with Gasteiger partial charge in [0.15, 0.2) is 0 Å². The monoisotopic (exact) mass is 308 g/mol. The maximum Gasteiger partial charge on any atom is 0.255 e. The molecule has 0 aliphatic rings. The van der Waals surface area contributed by atoms with E-state index in [2.05, 4.69) is 10.3 Å². The van der Waals surface area contributed by atoms with Crippen molar-refractivity contribution >= 4 is 28.6 Å². The molecule has 23 heavy (non-hydrogen) atoms. The average Bonchev–Trinajstić information content (AvgIpc) is 2.55. The van der Waals surface area contributed by atoms with E-state index in [1.807, 2.05) is 24.3 Å². The number of carbonyl (C=O) groups is 1. The summed E-state index contributed by atoms with van der Waals surface area (Å²) in [4.78, 5) is 26.6. The summed E-state index contributed by atoms with van der Waals surface area (Å²) in [6, 6.07) is 14.6. The minimum absolute atomic E-state index is 0.269. The zero-order valence-electron chi connectivity index (χ0n) is 12.0. The quantitative estimate of drug-likeness (QED) is 0.729. The molecule has 0 aliphatic heterocycles. The maximum atomic E-state index is 12.8. The van der Waals surface area contributed by atoms with Gasteiger partial charge in [-0.3, -0.25) is 9.59 Å². The van der Waals surface area contributed by atoms with Crippen molar-refractivity contribution in [3.05, 3.63) is 82.4 Å². The molecule has 3 rings (SSSR count). The van der Waals surface area contributed by atoms with E-state index >= 15 is 0 Å². The predicted molar refractivity (Wildman–Crippen MR) is 88.6 cm³/mol. The van der Waals surface area contributed by atoms with Crippen LogP contribution in [-0.4, -0.2) is 10.9 Å². The van der Waals surface area contributed by atoms with E-state index in [1.54, 1.807) is 6.07 Å². The van der Waals surface area contributed by atoms with Crippen LogP contribution in [0.25, 0.3) is 17.0 Å². The third kappa shape index (κ3) is 3.52. The van der Waals surface area contributed by atoms with Crippen molar-refractivity contribution in [2.75, 3.05) is 5.32 Å². The number of pyridine rings is 1. The van der Waals surface area contributed by atoms with Crippen molar-refractivity contribution in [1.29, 1.82) is 0 Å². The molecule has 1 heterocycles. The predicted octanol–water partition coefficient (Wildman–Crippen LogP) is 3.32. The fourth-order valence-corrected chi connectivity index (χ4v) is 2.17. The molecule has 0 radical (unpaired) electrons. The van der Waals surface area contributed by atoms with Crippen LogP contribution in [-0.2, 0) is 4.79 Å². The summed E-state index contributed by atoms with van der Waals surface area (Å²) in [7, 11) is 0. The Morgan fingerprint density at radius 3 is 2.61 bits per heavy atom. The van der Waals surface area contributed by atoms with Crippen molar-refractivity contribution in [2.45, 2.75) is 0 Å². The van der Waals surface area contributed by atoms with Crippen LogP contribution < -0.4 is 10.9 Å². The molecule has 0 saturated heterocycles. The highest BCUT2D eigenvalue weighted by Gasteiger charge is 2.02. The third-order valence-electron chi connectivity index (χ3n) is 3.31. The highest BCUT2D eigenvalue weighted by Crippen LogP contribution is 2.11. The van der Waals surface area contributed by atoms with Gasteiger partial charge in [0.2, 0.25) is 5.91 Å². The molecule has 2 N–H and O–H groups in total. The summed E-state index contributed by atoms with van der Waals surface area (Å²) in [5, 5.41) is 3.47. The number of para-hydroxylation sites is 1. The topological polar surface area (TPSA) is 62.0 Å². The first-order chi connectivity index (χ1) is 11.1. The Labute approximate surface area is 131 Å². The molecule has 0 atom stereocenters. The lowest BCUT2D eigenvalue weighted by molar-refractivity contribution is -0.111. The largest absolute Gasteiger partial charge is 0.323 e. The van der Waals surface area contributed by atoms with E-state index in [9.17, 15) is 14.0 Å². The first-order valence-electron chi connectivity index (χ1n) is 6.98. The molecule has 1 aromatic heterocycles. The molecule has 0 fully saturated rings. The Bertz CT molecular complexity index is 943. The van der Waals surface area contributed by atoms with Crippen molar-refractivity contribution < 1.29 is 9.18 Å². The molecule has 0 aliphatic carbocycles. The molecule has 0 unspecified atom stereocenters. The number of rotatable bonds is 3. The highest BCUT2D eigenvalue weighted by atomic mass is 19.1. The van der Waals surface area contributed by atoms with Crippen LogP contribution in [0.3, 0.4) is 0 Å². The van der Waals surface area contributed by atoms with E-state index in [0.29, 0.717) is 11.3 Å². The Morgan fingerprint density at radius 2 is 1.83 bits per heavy atom. The van der Waals surface area contributed by atoms with Gasteiger partial charge in [-0.25, -0.2) is 4.39 Å². The number of aromatic amines is 1. The van der Waals surface area contributed by atoms with Gasteiger partial charge in [0.05, 0.1) is 0 Å². The minimum Gasteiger partial charge on any atom is -0.323 e. The number of carbonyl (C=O) groups excluding carboxylic acids is 1. The van der Waals surface area contributed by atoms with Crippen LogP contribution >= 0.6 is 0 Å². The van der Waals surface area contributed by atoms with E-state index < -0.39 is 5.91 Å². The Balaban J connectivity index is 1.79. The number of anilines is 1. The summed E-state index contributed by atoms with van der Waals surface area (Å²) in [5.41, 5.74) is 1.34. The van der Waals surface area contributed by atoms with Crippen LogP contribution in [0.2, 0.25) is 0 Å². The standard InChI is InChI=1S/C18H13FN2O2/c19-14-6-8-15(9-7-14)20-17(22)10-5-13-11-12-3-1-2-4-16(12)21-18(13)23/h1-11H,(H,20,22)(H,21,23)/b10-5+. The molecule has 0 bridgehead atoms. The van der Waals surface area contributed by atoms with E-state index in [1.165, 1.54) is 36.4 Å². The van der Waals surface area contributed by atoms with Crippen molar-refractivity contribution in [3.8, 4) is 0 Å². The second kappa shape index (κ2) is 6.27. The second-order valence-electron chi connectivity index (χ2n) is 4.97. The second-order valence-corrected chi connectivity index (χ2v) is 4.97. The van der Waals surface area contributed by atoms with Gasteiger partial charge in [0.25, 0.3) is 5.56 Å². The lowest BCUT2D eigenvalue weighted by Crippen LogP contribution is -2.11. The normalized spacial score (nSPS) is 11.0. The van der Waals surface area contributed by atoms with Crippen molar-refractivity contribution in [1.82, 2.24) is 4.98 Å². The van der Waals surface area contributed by atoms with Gasteiger partial charge in [0.1, 0.15) is 5.82 Å². The SMILES string of the molecule is O=C(/C=C/c1cc2ccccc2[nH]c1=O)Nc1ccc(F)cc1. The number of benzene rings is 2. The smallest absolute Gasteiger partial charge is 0.255 e. The molecule has 114 valence electrons. The van der Waals surface area contributed by atoms with Gasteiger partial charge in [-0.05, 0) is 47.9 Å². The van der Waals surface area contributed by atoms with Gasteiger partial charge in [0, 0.05) is 22.8 Å². The molecule has 0 saturated carbocycles. The number of fused-ring (bicyclic) bond motifs is 1. The number of amides is 1. The van der Waals surface area contributed by atoms with Gasteiger partial charge in [-0.1, -0.05) is 18.2 Å². The highest BCUT2D eigenvalue weighted by molar-refractivity contribution is 6.02. The maximum absolute atomic E-state index is 12.8. The van der Waals surface area contributed by atoms with Crippen molar-refractivity contribution in [2.24, 2.45) is 0 Å². The van der Waals surface area contributed by atoms with Crippen molar-refractivity contribution in [3.63, 3.8) is 0 Å². The van der Waals surface area contributed by atoms with Gasteiger partial charge >= 0.3 is 0 Å². The van der Waals surface area contributed by atoms with Crippen LogP contribution in [0.1, 0.15) is 5.56 Å². The lowest BCUT2D eigenvalue weighted by atomic mass is 10.1. The summed E-state index contributed by atoms with van der Waals surface area (Å²) < 4.78 is 12.8. The molecule has 5 heteroatoms. The Kier molecular flexibility index (Phi) is 4.01. The molecule has 1 amide bonds. The fourth-order valence-electron chi connectivity index (χ4n) is 2.17. The number of halogens is 1. The van der Waals surface area contributed by atoms with Crippen LogP contribution in [0.4, 0.5) is 10.1 Å². The molecule has 0 spiro atoms. The number of aromatic nitrogens is 1. The number of hydrogen-bond donors (Lipinski definition) is 2. The molecular weight excluding hydrogens is 295 g/mol. The first kappa shape index (κ1) is 14.7. The summed E-state index contributed by atoms with van der Waals surface area (Å²) in [5.74, 6) is -0.773. The van der Waals surface area contributed by atoms with E-state index in [0.717, 1.165) is 10.9 Å². The number of hydrogen-bond acceptors (Lipinski definition) is 2. The molecular formula is C18H13FN2O2. The summed E-state index contributed by atoms with van der Waals surface area (Å²) in [6.07, 6.45) is 2.72. The summed E-state index contributed by atoms with van der Waals surface area (Å²) in [6.45, 7) is 0. The van der Waals surface area contributed by atoms with Gasteiger partial charge in [-0.15, -0.1) is 0 Å². The third-order valence-corrected chi connectivity index (χ3v) is 3.31. The van der Waals surface area contributed by atoms with Crippen LogP contribution in [0.5, 0.6) is 0 Å². The van der Waals surface area contributed by atoms with Gasteiger partial charge in [-0.2, -0.15) is 0 Å². The zero-order valence-corrected chi connectivity index (χ0v) is 12.0. The van der Waals surface area contributed by atoms with Gasteiger partial charge < -0.3 is 10.3 Å². The van der Waals surface area contributed by atoms with Crippen LogP contribution in [0.15, 0.2) is 65.5 Å². The number of H-pyrrole nitrogens is 1.